The molecule has 1 aliphatic carbocycles. The van der Waals surface area contributed by atoms with Gasteiger partial charge >= 0.3 is 5.97 Å². The van der Waals surface area contributed by atoms with Crippen molar-refractivity contribution in [2.24, 2.45) is 5.92 Å². The topological polar surface area (TPSA) is 40.5 Å². The van der Waals surface area contributed by atoms with Crippen molar-refractivity contribution >= 4 is 27.6 Å². The number of nitrogens with zero attached hydrogens (tertiary/aromatic N) is 1. The van der Waals surface area contributed by atoms with E-state index >= 15 is 0 Å². The van der Waals surface area contributed by atoms with Crippen LogP contribution in [0.2, 0.25) is 0 Å². The van der Waals surface area contributed by atoms with Crippen LogP contribution in [-0.2, 0) is 0 Å². The molecule has 3 nitrogen and oxygen atoms in total. The fourth-order valence-corrected chi connectivity index (χ4v) is 4.18. The molecule has 1 saturated carbocycles. The zero-order valence-corrected chi connectivity index (χ0v) is 12.4. The maximum Gasteiger partial charge on any atom is 0.335 e. The zero-order valence-electron chi connectivity index (χ0n) is 10.8. The molecule has 4 heteroatoms. The quantitative estimate of drug-likeness (QED) is 0.896. The van der Waals surface area contributed by atoms with Crippen LogP contribution in [0.5, 0.6) is 0 Å². The van der Waals surface area contributed by atoms with E-state index in [2.05, 4.69) is 20.8 Å². The predicted octanol–water partition coefficient (Wildman–Crippen LogP) is 3.92. The lowest BCUT2D eigenvalue weighted by Gasteiger charge is -2.33. The molecule has 3 rings (SSSR count). The van der Waals surface area contributed by atoms with Gasteiger partial charge < -0.3 is 10.0 Å². The third kappa shape index (κ3) is 2.38. The first-order valence-electron chi connectivity index (χ1n) is 6.96. The zero-order chi connectivity index (χ0) is 13.4. The largest absolute Gasteiger partial charge is 0.478 e. The van der Waals surface area contributed by atoms with E-state index in [-0.39, 0.29) is 0 Å². The van der Waals surface area contributed by atoms with E-state index in [1.165, 1.54) is 32.1 Å². The lowest BCUT2D eigenvalue weighted by molar-refractivity contribution is 0.0697. The van der Waals surface area contributed by atoms with Crippen LogP contribution in [0.1, 0.15) is 42.5 Å². The molecular weight excluding hydrogens is 306 g/mol. The average Bonchev–Trinajstić information content (AvgIpc) is 2.82. The second kappa shape index (κ2) is 5.16. The summed E-state index contributed by atoms with van der Waals surface area (Å²) in [6.45, 7) is 1.10. The summed E-state index contributed by atoms with van der Waals surface area (Å²) in [5.74, 6) is -0.0379. The van der Waals surface area contributed by atoms with Crippen molar-refractivity contribution in [3.63, 3.8) is 0 Å². The van der Waals surface area contributed by atoms with Crippen LogP contribution in [0.15, 0.2) is 22.7 Å². The van der Waals surface area contributed by atoms with Gasteiger partial charge in [-0.2, -0.15) is 0 Å². The number of benzene rings is 1. The number of hydrogen-bond acceptors (Lipinski definition) is 2. The Bertz CT molecular complexity index is 503. The van der Waals surface area contributed by atoms with Gasteiger partial charge in [-0.3, -0.25) is 0 Å². The summed E-state index contributed by atoms with van der Waals surface area (Å²) in [5, 5.41) is 9.02. The number of carboxylic acid groups (broad SMARTS) is 1. The second-order valence-electron chi connectivity index (χ2n) is 5.57. The number of carboxylic acids is 1. The number of rotatable bonds is 2. The van der Waals surface area contributed by atoms with Gasteiger partial charge in [0.05, 0.1) is 11.3 Å². The van der Waals surface area contributed by atoms with Crippen LogP contribution in [0.25, 0.3) is 0 Å². The van der Waals surface area contributed by atoms with E-state index in [4.69, 9.17) is 5.11 Å². The third-order valence-corrected chi connectivity index (χ3v) is 5.15. The molecule has 19 heavy (non-hydrogen) atoms. The molecule has 0 spiro atoms. The molecule has 1 aromatic rings. The predicted molar refractivity (Wildman–Crippen MR) is 78.8 cm³/mol. The summed E-state index contributed by atoms with van der Waals surface area (Å²) in [6.07, 6.45) is 6.60. The summed E-state index contributed by atoms with van der Waals surface area (Å²) in [7, 11) is 0. The van der Waals surface area contributed by atoms with Gasteiger partial charge in [0.2, 0.25) is 0 Å². The average molecular weight is 324 g/mol. The SMILES string of the molecule is O=C(O)c1ccc(N2CCC3CCCCC32)c(Br)c1. The van der Waals surface area contributed by atoms with E-state index in [1.54, 1.807) is 12.1 Å². The third-order valence-electron chi connectivity index (χ3n) is 4.51. The molecule has 1 saturated heterocycles. The van der Waals surface area contributed by atoms with Crippen LogP contribution in [0.3, 0.4) is 0 Å². The Morgan fingerprint density at radius 1 is 1.26 bits per heavy atom. The highest BCUT2D eigenvalue weighted by atomic mass is 79.9. The Hall–Kier alpha value is -1.03. The van der Waals surface area contributed by atoms with Gasteiger partial charge in [0, 0.05) is 17.1 Å². The maximum absolute atomic E-state index is 11.0. The van der Waals surface area contributed by atoms with Crippen LogP contribution >= 0.6 is 15.9 Å². The lowest BCUT2D eigenvalue weighted by Crippen LogP contribution is -2.34. The molecule has 102 valence electrons. The summed E-state index contributed by atoms with van der Waals surface area (Å²) in [4.78, 5) is 13.5. The number of hydrogen-bond donors (Lipinski definition) is 1. The molecule has 0 radical (unpaired) electrons. The molecule has 2 aliphatic rings. The fraction of sp³-hybridized carbons (Fsp3) is 0.533. The maximum atomic E-state index is 11.0. The Labute approximate surface area is 121 Å². The first kappa shape index (κ1) is 13.0. The smallest absolute Gasteiger partial charge is 0.335 e. The molecule has 1 aliphatic heterocycles. The van der Waals surface area contributed by atoms with Crippen molar-refractivity contribution < 1.29 is 9.90 Å². The summed E-state index contributed by atoms with van der Waals surface area (Å²) >= 11 is 3.54. The van der Waals surface area contributed by atoms with E-state index in [0.29, 0.717) is 11.6 Å². The van der Waals surface area contributed by atoms with Crippen molar-refractivity contribution in [1.82, 2.24) is 0 Å². The Morgan fingerprint density at radius 2 is 2.05 bits per heavy atom. The van der Waals surface area contributed by atoms with Gasteiger partial charge in [0.25, 0.3) is 0 Å². The molecule has 1 aromatic carbocycles. The van der Waals surface area contributed by atoms with E-state index < -0.39 is 5.97 Å². The minimum atomic E-state index is -0.871. The van der Waals surface area contributed by atoms with Gasteiger partial charge in [-0.05, 0) is 59.3 Å². The molecule has 1 heterocycles. The first-order valence-corrected chi connectivity index (χ1v) is 7.75. The fourth-order valence-electron chi connectivity index (χ4n) is 3.58. The van der Waals surface area contributed by atoms with Crippen LogP contribution in [-0.4, -0.2) is 23.7 Å². The number of aromatic carboxylic acids is 1. The van der Waals surface area contributed by atoms with Gasteiger partial charge in [0.15, 0.2) is 0 Å². The van der Waals surface area contributed by atoms with Crippen LogP contribution < -0.4 is 4.90 Å². The van der Waals surface area contributed by atoms with Crippen molar-refractivity contribution in [2.75, 3.05) is 11.4 Å². The Balaban J connectivity index is 1.88. The van der Waals surface area contributed by atoms with Crippen molar-refractivity contribution in [2.45, 2.75) is 38.1 Å². The molecule has 2 atom stereocenters. The van der Waals surface area contributed by atoms with Crippen molar-refractivity contribution in [1.29, 1.82) is 0 Å². The normalized spacial score (nSPS) is 26.3. The molecular formula is C15H18BrNO2. The van der Waals surface area contributed by atoms with Crippen molar-refractivity contribution in [3.8, 4) is 0 Å². The van der Waals surface area contributed by atoms with E-state index in [0.717, 1.165) is 22.6 Å². The van der Waals surface area contributed by atoms with E-state index in [9.17, 15) is 4.79 Å². The number of fused-ring (bicyclic) bond motifs is 1. The molecule has 2 unspecified atom stereocenters. The minimum absolute atomic E-state index is 0.343. The summed E-state index contributed by atoms with van der Waals surface area (Å²) in [6, 6.07) is 6.03. The van der Waals surface area contributed by atoms with Gasteiger partial charge in [-0.15, -0.1) is 0 Å². The summed E-state index contributed by atoms with van der Waals surface area (Å²) in [5.41, 5.74) is 1.49. The van der Waals surface area contributed by atoms with Gasteiger partial charge in [-0.1, -0.05) is 12.8 Å². The van der Waals surface area contributed by atoms with Crippen LogP contribution in [0, 0.1) is 5.92 Å². The van der Waals surface area contributed by atoms with Crippen molar-refractivity contribution in [3.05, 3.63) is 28.2 Å². The molecule has 2 fully saturated rings. The highest BCUT2D eigenvalue weighted by Gasteiger charge is 2.36. The van der Waals surface area contributed by atoms with Gasteiger partial charge in [0.1, 0.15) is 0 Å². The highest BCUT2D eigenvalue weighted by Crippen LogP contribution is 2.41. The summed E-state index contributed by atoms with van der Waals surface area (Å²) < 4.78 is 0.902. The molecule has 0 aromatic heterocycles. The first-order chi connectivity index (χ1) is 9.16. The van der Waals surface area contributed by atoms with Gasteiger partial charge in [-0.25, -0.2) is 4.79 Å². The molecule has 1 N–H and O–H groups in total. The van der Waals surface area contributed by atoms with Crippen LogP contribution in [0.4, 0.5) is 5.69 Å². The second-order valence-corrected chi connectivity index (χ2v) is 6.42. The minimum Gasteiger partial charge on any atom is -0.478 e. The molecule has 0 amide bonds. The Morgan fingerprint density at radius 3 is 2.79 bits per heavy atom. The number of anilines is 1. The number of halogens is 1. The number of carbonyl (C=O) groups is 1. The molecule has 0 bridgehead atoms. The standard InChI is InChI=1S/C15H18BrNO2/c16-12-9-11(15(18)19)5-6-14(12)17-8-7-10-3-1-2-4-13(10)17/h5-6,9-10,13H,1-4,7-8H2,(H,18,19). The monoisotopic (exact) mass is 323 g/mol. The Kier molecular flexibility index (Phi) is 3.52. The highest BCUT2D eigenvalue weighted by molar-refractivity contribution is 9.10. The lowest BCUT2D eigenvalue weighted by atomic mass is 9.85. The van der Waals surface area contributed by atoms with E-state index in [1.807, 2.05) is 6.07 Å².